The van der Waals surface area contributed by atoms with Crippen molar-refractivity contribution in [2.24, 2.45) is 0 Å². The van der Waals surface area contributed by atoms with E-state index in [2.05, 4.69) is 0 Å². The van der Waals surface area contributed by atoms with Gasteiger partial charge in [0.2, 0.25) is 0 Å². The number of methoxy groups -OCH3 is 2. The van der Waals surface area contributed by atoms with Crippen molar-refractivity contribution in [3.63, 3.8) is 0 Å². The van der Waals surface area contributed by atoms with Crippen LogP contribution in [0.2, 0.25) is 0 Å². The molecule has 2 aromatic rings. The Hall–Kier alpha value is -2.29. The van der Waals surface area contributed by atoms with Gasteiger partial charge in [-0.25, -0.2) is 0 Å². The van der Waals surface area contributed by atoms with Crippen LogP contribution in [0.5, 0.6) is 11.5 Å². The van der Waals surface area contributed by atoms with Gasteiger partial charge in [-0.3, -0.25) is 4.79 Å². The topological polar surface area (TPSA) is 35.5 Å². The van der Waals surface area contributed by atoms with Crippen molar-refractivity contribution in [2.45, 2.75) is 12.8 Å². The number of benzene rings is 2. The van der Waals surface area contributed by atoms with Crippen LogP contribution in [0.3, 0.4) is 0 Å². The van der Waals surface area contributed by atoms with Crippen molar-refractivity contribution in [3.8, 4) is 11.5 Å². The molecule has 0 aliphatic heterocycles. The summed E-state index contributed by atoms with van der Waals surface area (Å²) < 4.78 is 18.9. The van der Waals surface area contributed by atoms with Crippen molar-refractivity contribution in [3.05, 3.63) is 59.7 Å². The number of carbonyl (C=O) groups is 1. The molecule has 2 aromatic carbocycles. The Morgan fingerprint density at radius 3 is 1.50 bits per heavy atom. The van der Waals surface area contributed by atoms with Crippen LogP contribution in [0.15, 0.2) is 48.5 Å². The first kappa shape index (κ1) is 12.7. The maximum atomic E-state index is 12.1. The number of carbonyl (C=O) groups excluding carboxylic acids is 1. The van der Waals surface area contributed by atoms with E-state index in [1.807, 2.05) is 0 Å². The molecule has 0 aromatic heterocycles. The Balaban J connectivity index is 2.50. The second kappa shape index (κ2) is 6.24. The van der Waals surface area contributed by atoms with E-state index < -0.39 is 5.89 Å². The Morgan fingerprint density at radius 2 is 1.25 bits per heavy atom. The van der Waals surface area contributed by atoms with Crippen molar-refractivity contribution in [1.82, 2.24) is 0 Å². The predicted octanol–water partition coefficient (Wildman–Crippen LogP) is 3.42. The minimum atomic E-state index is -1.43. The van der Waals surface area contributed by atoms with E-state index in [4.69, 9.17) is 10.8 Å². The zero-order chi connectivity index (χ0) is 15.5. The second-order valence-electron chi connectivity index (χ2n) is 4.39. The van der Waals surface area contributed by atoms with Gasteiger partial charge in [-0.05, 0) is 42.3 Å². The van der Waals surface area contributed by atoms with Crippen LogP contribution < -0.4 is 9.47 Å². The highest BCUT2D eigenvalue weighted by atomic mass is 16.5. The number of hydrogen-bond donors (Lipinski definition) is 0. The monoisotopic (exact) mass is 271 g/mol. The Bertz CT molecular complexity index is 570. The summed E-state index contributed by atoms with van der Waals surface area (Å²) in [7, 11) is 3.16. The normalized spacial score (nSPS) is 11.7. The van der Waals surface area contributed by atoms with Crippen LogP contribution >= 0.6 is 0 Å². The average Bonchev–Trinajstić information content (AvgIpc) is 2.54. The molecule has 0 atom stereocenters. The quantitative estimate of drug-likeness (QED) is 0.835. The third-order valence-corrected chi connectivity index (χ3v) is 3.11. The molecular weight excluding hydrogens is 252 g/mol. The summed E-state index contributed by atoms with van der Waals surface area (Å²) in [6.45, 7) is 1.43. The Labute approximate surface area is 120 Å². The summed E-state index contributed by atoms with van der Waals surface area (Å²) in [5, 5.41) is 0. The molecule has 0 aliphatic carbocycles. The molecule has 0 amide bonds. The molecule has 0 bridgehead atoms. The van der Waals surface area contributed by atoms with Crippen LogP contribution in [0.25, 0.3) is 0 Å². The van der Waals surface area contributed by atoms with Gasteiger partial charge in [0.15, 0.2) is 0 Å². The van der Waals surface area contributed by atoms with Crippen molar-refractivity contribution >= 4 is 5.78 Å². The van der Waals surface area contributed by atoms with E-state index in [1.165, 1.54) is 6.92 Å². The zero-order valence-electron chi connectivity index (χ0n) is 12.8. The first-order chi connectivity index (χ1) is 10.0. The third-order valence-electron chi connectivity index (χ3n) is 3.11. The molecule has 20 heavy (non-hydrogen) atoms. The maximum absolute atomic E-state index is 12.1. The predicted molar refractivity (Wildman–Crippen MR) is 78.5 cm³/mol. The first-order valence-corrected chi connectivity index (χ1v) is 6.32. The van der Waals surface area contributed by atoms with Crippen LogP contribution in [0.1, 0.15) is 25.3 Å². The van der Waals surface area contributed by atoms with E-state index >= 15 is 0 Å². The summed E-state index contributed by atoms with van der Waals surface area (Å²) in [5.74, 6) is -0.282. The van der Waals surface area contributed by atoms with Gasteiger partial charge in [0, 0.05) is 1.37 Å². The highest BCUT2D eigenvalue weighted by Crippen LogP contribution is 2.28. The lowest BCUT2D eigenvalue weighted by atomic mass is 9.88. The summed E-state index contributed by atoms with van der Waals surface area (Å²) in [6, 6.07) is 14.0. The average molecular weight is 271 g/mol. The smallest absolute Gasteiger partial charge is 0.141 e. The van der Waals surface area contributed by atoms with Gasteiger partial charge in [-0.1, -0.05) is 24.3 Å². The highest BCUT2D eigenvalue weighted by Gasteiger charge is 2.19. The number of Topliss-reactive ketones (excluding diaryl/α,β-unsaturated/α-hetero) is 1. The van der Waals surface area contributed by atoms with Gasteiger partial charge < -0.3 is 9.47 Å². The molecule has 0 aliphatic rings. The molecule has 2 rings (SSSR count). The molecule has 0 spiro atoms. The van der Waals surface area contributed by atoms with Gasteiger partial charge in [0.25, 0.3) is 0 Å². The molecule has 0 heterocycles. The van der Waals surface area contributed by atoms with E-state index in [9.17, 15) is 4.79 Å². The lowest BCUT2D eigenvalue weighted by Gasteiger charge is -2.15. The van der Waals surface area contributed by atoms with Crippen LogP contribution in [-0.2, 0) is 4.79 Å². The van der Waals surface area contributed by atoms with E-state index in [0.717, 1.165) is 0 Å². The minimum absolute atomic E-state index is 0.238. The fourth-order valence-corrected chi connectivity index (χ4v) is 2.09. The number of rotatable bonds is 5. The van der Waals surface area contributed by atoms with Crippen LogP contribution in [0.4, 0.5) is 0 Å². The fourth-order valence-electron chi connectivity index (χ4n) is 2.09. The fraction of sp³-hybridized carbons (Fsp3) is 0.235. The number of ether oxygens (including phenoxy) is 2. The third kappa shape index (κ3) is 2.99. The van der Waals surface area contributed by atoms with Crippen LogP contribution in [-0.4, -0.2) is 20.0 Å². The van der Waals surface area contributed by atoms with E-state index in [1.54, 1.807) is 62.8 Å². The van der Waals surface area contributed by atoms with Gasteiger partial charge in [0.05, 0.1) is 20.1 Å². The summed E-state index contributed by atoms with van der Waals surface area (Å²) in [6.07, 6.45) is 0. The standard InChI is InChI=1S/C17H18O3/c1-12(18)17(13-4-8-15(19-2)9-5-13)14-6-10-16(20-3)11-7-14/h4-11,17H,1-3H3/i17D. The zero-order valence-corrected chi connectivity index (χ0v) is 11.8. The summed E-state index contributed by atoms with van der Waals surface area (Å²) >= 11 is 0. The number of hydrogen-bond acceptors (Lipinski definition) is 3. The summed E-state index contributed by atoms with van der Waals surface area (Å²) in [5.41, 5.74) is 1.22. The molecule has 104 valence electrons. The lowest BCUT2D eigenvalue weighted by Crippen LogP contribution is -2.10. The molecule has 0 fully saturated rings. The molecule has 0 radical (unpaired) electrons. The van der Waals surface area contributed by atoms with Crippen molar-refractivity contribution in [2.75, 3.05) is 14.2 Å². The molecule has 3 nitrogen and oxygen atoms in total. The number of ketones is 1. The lowest BCUT2D eigenvalue weighted by molar-refractivity contribution is -0.117. The van der Waals surface area contributed by atoms with Crippen LogP contribution in [0, 0.1) is 0 Å². The van der Waals surface area contributed by atoms with Crippen molar-refractivity contribution in [1.29, 1.82) is 0 Å². The van der Waals surface area contributed by atoms with Crippen molar-refractivity contribution < 1.29 is 15.6 Å². The Kier molecular flexibility index (Phi) is 3.97. The van der Waals surface area contributed by atoms with E-state index in [0.29, 0.717) is 22.6 Å². The maximum Gasteiger partial charge on any atom is 0.141 e. The van der Waals surface area contributed by atoms with Gasteiger partial charge in [-0.15, -0.1) is 0 Å². The molecular formula is C17H18O3. The largest absolute Gasteiger partial charge is 0.497 e. The van der Waals surface area contributed by atoms with Gasteiger partial charge in [0.1, 0.15) is 17.3 Å². The first-order valence-electron chi connectivity index (χ1n) is 6.82. The second-order valence-corrected chi connectivity index (χ2v) is 4.39. The molecule has 3 heteroatoms. The molecule has 0 saturated heterocycles. The molecule has 0 N–H and O–H groups in total. The van der Waals surface area contributed by atoms with Gasteiger partial charge >= 0.3 is 0 Å². The summed E-state index contributed by atoms with van der Waals surface area (Å²) in [4.78, 5) is 12.1. The highest BCUT2D eigenvalue weighted by molar-refractivity contribution is 5.87. The Morgan fingerprint density at radius 1 is 0.900 bits per heavy atom. The van der Waals surface area contributed by atoms with E-state index in [-0.39, 0.29) is 5.78 Å². The molecule has 0 saturated carbocycles. The van der Waals surface area contributed by atoms with Gasteiger partial charge in [-0.2, -0.15) is 0 Å². The molecule has 0 unspecified atom stereocenters. The minimum Gasteiger partial charge on any atom is -0.497 e. The SMILES string of the molecule is [2H]C(C(C)=O)(c1ccc(OC)cc1)c1ccc(OC)cc1.